The third kappa shape index (κ3) is 31.5. The maximum Gasteiger partial charge on any atom is 0.284 e. The first-order valence-corrected chi connectivity index (χ1v) is 8.42. The number of aliphatic hydroxyl groups is 2. The van der Waals surface area contributed by atoms with Gasteiger partial charge in [0.25, 0.3) is 5.91 Å². The van der Waals surface area contributed by atoms with Crippen molar-refractivity contribution in [2.75, 3.05) is 19.6 Å². The van der Waals surface area contributed by atoms with Gasteiger partial charge in [0.15, 0.2) is 5.78 Å². The molecule has 0 fully saturated rings. The number of nitrogens with one attached hydrogen (secondary N) is 3. The molecular formula is C18H24N3O9Y3-3. The van der Waals surface area contributed by atoms with E-state index in [-0.39, 0.29) is 98.1 Å². The summed E-state index contributed by atoms with van der Waals surface area (Å²) in [5.74, 6) is -4.26. The largest absolute Gasteiger partial charge is 0.607 e. The number of Topliss-reactive ketones (excluding diaryl/α,β-unsaturated/α-hetero) is 1. The quantitative estimate of drug-likeness (QED) is 0.0591. The summed E-state index contributed by atoms with van der Waals surface area (Å²) in [7, 11) is 0. The van der Waals surface area contributed by atoms with Crippen LogP contribution < -0.4 is 16.0 Å². The van der Waals surface area contributed by atoms with Gasteiger partial charge in [0.1, 0.15) is 0 Å². The molecule has 3 radical (unpaired) electrons. The number of amides is 3. The molecule has 177 valence electrons. The molecule has 0 saturated heterocycles. The van der Waals surface area contributed by atoms with Gasteiger partial charge in [0.2, 0.25) is 11.8 Å². The van der Waals surface area contributed by atoms with Crippen LogP contribution in [0, 0.1) is 6.26 Å². The van der Waals surface area contributed by atoms with Gasteiger partial charge in [-0.2, -0.15) is 0 Å². The number of likely N-dealkylation sites (N-methyl/N-ethyl adjacent to an activating group) is 3. The number of hydrogen-bond acceptors (Lipinski definition) is 9. The first-order chi connectivity index (χ1) is 14.2. The molecule has 12 nitrogen and oxygen atoms in total. The second kappa shape index (κ2) is 33.7. The van der Waals surface area contributed by atoms with Crippen LogP contribution in [0.5, 0.6) is 0 Å². The van der Waals surface area contributed by atoms with Crippen LogP contribution in [-0.2, 0) is 132 Å². The number of aliphatic hydroxyl groups excluding tert-OH is 2. The molecule has 0 atom stereocenters. The predicted molar refractivity (Wildman–Crippen MR) is 103 cm³/mol. The standard InChI is InChI=1S/3C6H8NO3.3Y/c3*1-2-7-6(10)5(9)3-4-8;;;/h2-3H2,1H3,(H,7,10);3,9H,2H2,1H3,(H,7,10);3,8H,2H2,1H3,(H,7,10);;;/q3*-1;;;/b;5-3-;;;;. The van der Waals surface area contributed by atoms with Gasteiger partial charge in [0.05, 0.1) is 5.78 Å². The smallest absolute Gasteiger partial charge is 0.284 e. The summed E-state index contributed by atoms with van der Waals surface area (Å²) in [6.45, 7) is 6.28. The number of allylic oxidation sites excluding steroid dienone is 1. The van der Waals surface area contributed by atoms with E-state index in [0.29, 0.717) is 31.8 Å². The van der Waals surface area contributed by atoms with Crippen molar-refractivity contribution in [3.05, 3.63) is 24.2 Å². The zero-order valence-electron chi connectivity index (χ0n) is 18.5. The van der Waals surface area contributed by atoms with Crippen LogP contribution in [0.25, 0.3) is 0 Å². The molecule has 5 N–H and O–H groups in total. The van der Waals surface area contributed by atoms with E-state index < -0.39 is 41.5 Å². The van der Waals surface area contributed by atoms with Gasteiger partial charge in [0, 0.05) is 124 Å². The molecule has 0 aliphatic carbocycles. The van der Waals surface area contributed by atoms with Crippen molar-refractivity contribution < 1.29 is 142 Å². The molecule has 0 aromatic rings. The topological polar surface area (TPSA) is 196 Å². The van der Waals surface area contributed by atoms with Gasteiger partial charge in [-0.1, -0.05) is 12.7 Å². The Balaban J connectivity index is -0.0000000792. The van der Waals surface area contributed by atoms with Gasteiger partial charge >= 0.3 is 0 Å². The van der Waals surface area contributed by atoms with Crippen molar-refractivity contribution in [1.29, 1.82) is 0 Å². The summed E-state index contributed by atoms with van der Waals surface area (Å²) in [5, 5.41) is 23.4. The molecule has 33 heavy (non-hydrogen) atoms. The third-order valence-corrected chi connectivity index (χ3v) is 2.35. The molecule has 0 aliphatic rings. The molecule has 0 aromatic heterocycles. The van der Waals surface area contributed by atoms with E-state index in [2.05, 4.69) is 16.0 Å². The van der Waals surface area contributed by atoms with E-state index in [4.69, 9.17) is 10.2 Å². The summed E-state index contributed by atoms with van der Waals surface area (Å²) in [5.41, 5.74) is 0. The fourth-order valence-corrected chi connectivity index (χ4v) is 1.15. The SMILES string of the molecule is CCNC(=O)/C(O)=C/[C-]=O.CCNC(=O)C(=O)C=[C-]O.CCNC(=O)C(=O)C[C-]=O.[Y].[Y].[Y]. The zero-order chi connectivity index (χ0) is 23.9. The zero-order valence-corrected chi connectivity index (χ0v) is 27.0. The van der Waals surface area contributed by atoms with Gasteiger partial charge in [-0.05, 0) is 27.1 Å². The second-order valence-corrected chi connectivity index (χ2v) is 4.61. The number of carbonyl (C=O) groups excluding carboxylic acids is 7. The minimum Gasteiger partial charge on any atom is -0.607 e. The van der Waals surface area contributed by atoms with Crippen molar-refractivity contribution in [2.45, 2.75) is 27.2 Å². The number of ketones is 2. The van der Waals surface area contributed by atoms with E-state index >= 15 is 0 Å². The Hall–Kier alpha value is -0.518. The minimum absolute atomic E-state index is 0. The molecule has 0 aromatic carbocycles. The van der Waals surface area contributed by atoms with Gasteiger partial charge in [-0.15, -0.1) is 12.2 Å². The average molecular weight is 693 g/mol. The van der Waals surface area contributed by atoms with Crippen LogP contribution in [0.4, 0.5) is 0 Å². The van der Waals surface area contributed by atoms with Crippen LogP contribution in [0.1, 0.15) is 27.2 Å². The van der Waals surface area contributed by atoms with Crippen molar-refractivity contribution in [3.63, 3.8) is 0 Å². The molecule has 15 heteroatoms. The Morgan fingerprint density at radius 3 is 1.58 bits per heavy atom. The Morgan fingerprint density at radius 1 is 0.788 bits per heavy atom. The van der Waals surface area contributed by atoms with Crippen LogP contribution in [0.2, 0.25) is 0 Å². The van der Waals surface area contributed by atoms with Gasteiger partial charge in [-0.3, -0.25) is 25.5 Å². The van der Waals surface area contributed by atoms with Gasteiger partial charge in [-0.25, -0.2) is 0 Å². The maximum atomic E-state index is 10.5. The van der Waals surface area contributed by atoms with Gasteiger partial charge < -0.3 is 40.5 Å². The van der Waals surface area contributed by atoms with E-state index in [0.717, 1.165) is 0 Å². The van der Waals surface area contributed by atoms with Crippen molar-refractivity contribution in [1.82, 2.24) is 16.0 Å². The predicted octanol–water partition coefficient (Wildman–Crippen LogP) is -1.58. The Bertz CT molecular complexity index is 670. The molecule has 0 unspecified atom stereocenters. The summed E-state index contributed by atoms with van der Waals surface area (Å²) < 4.78 is 0. The third-order valence-electron chi connectivity index (χ3n) is 2.35. The second-order valence-electron chi connectivity index (χ2n) is 4.61. The summed E-state index contributed by atoms with van der Waals surface area (Å²) in [6.07, 6.45) is 4.99. The van der Waals surface area contributed by atoms with Crippen molar-refractivity contribution in [3.8, 4) is 0 Å². The van der Waals surface area contributed by atoms with Crippen LogP contribution in [-0.4, -0.2) is 71.7 Å². The summed E-state index contributed by atoms with van der Waals surface area (Å²) in [4.78, 5) is 71.6. The first-order valence-electron chi connectivity index (χ1n) is 8.42. The Kier molecular flexibility index (Phi) is 46.8. The fourth-order valence-electron chi connectivity index (χ4n) is 1.15. The first kappa shape index (κ1) is 45.9. The minimum atomic E-state index is -0.802. The molecule has 0 spiro atoms. The molecule has 0 aliphatic heterocycles. The Labute approximate surface area is 267 Å². The normalized spacial score (nSPS) is 8.76. The van der Waals surface area contributed by atoms with Crippen LogP contribution in [0.3, 0.4) is 0 Å². The number of rotatable bonds is 10. The molecule has 3 amide bonds. The van der Waals surface area contributed by atoms with Crippen LogP contribution >= 0.6 is 0 Å². The summed E-state index contributed by atoms with van der Waals surface area (Å²) in [6, 6.07) is 0. The average Bonchev–Trinajstić information content (AvgIpc) is 2.70. The monoisotopic (exact) mass is 693 g/mol. The van der Waals surface area contributed by atoms with E-state index in [1.165, 1.54) is 18.8 Å². The Morgan fingerprint density at radius 2 is 1.21 bits per heavy atom. The molecule has 0 heterocycles. The fraction of sp³-hybridized carbons (Fsp3) is 0.389. The molecule has 0 rings (SSSR count). The van der Waals surface area contributed by atoms with Crippen LogP contribution in [0.15, 0.2) is 17.9 Å². The molecular weight excluding hydrogens is 669 g/mol. The van der Waals surface area contributed by atoms with Crippen molar-refractivity contribution in [2.24, 2.45) is 0 Å². The molecule has 0 saturated carbocycles. The number of hydrogen-bond donors (Lipinski definition) is 5. The number of carbonyl (C=O) groups is 5. The van der Waals surface area contributed by atoms with Crippen molar-refractivity contribution >= 4 is 41.9 Å². The molecule has 0 bridgehead atoms. The maximum absolute atomic E-state index is 10.5. The van der Waals surface area contributed by atoms with E-state index in [9.17, 15) is 33.6 Å². The van der Waals surface area contributed by atoms with E-state index in [1.807, 2.05) is 0 Å². The van der Waals surface area contributed by atoms with E-state index in [1.54, 1.807) is 20.8 Å². The summed E-state index contributed by atoms with van der Waals surface area (Å²) >= 11 is 0.